The normalized spacial score (nSPS) is 13.8. The van der Waals surface area contributed by atoms with Gasteiger partial charge >= 0.3 is 0 Å². The van der Waals surface area contributed by atoms with Crippen LogP contribution in [-0.4, -0.2) is 6.54 Å². The Morgan fingerprint density at radius 1 is 1.30 bits per heavy atom. The Morgan fingerprint density at radius 3 is 2.10 bits per heavy atom. The lowest BCUT2D eigenvalue weighted by molar-refractivity contribution is 0.742. The molecule has 60 valence electrons. The Kier molecular flexibility index (Phi) is 4.37. The lowest BCUT2D eigenvalue weighted by Crippen LogP contribution is -2.02. The highest BCUT2D eigenvalue weighted by atomic mass is 14.5. The van der Waals surface area contributed by atoms with Gasteiger partial charge in [-0.1, -0.05) is 25.0 Å². The van der Waals surface area contributed by atoms with Crippen LogP contribution in [0.2, 0.25) is 0 Å². The van der Waals surface area contributed by atoms with Gasteiger partial charge in [0.1, 0.15) is 0 Å². The molecule has 0 aromatic heterocycles. The van der Waals surface area contributed by atoms with Crippen molar-refractivity contribution in [3.63, 3.8) is 0 Å². The van der Waals surface area contributed by atoms with Crippen LogP contribution in [-0.2, 0) is 0 Å². The number of hydrogen-bond acceptors (Lipinski definition) is 1. The third-order valence-electron chi connectivity index (χ3n) is 2.06. The molecule has 0 atom stereocenters. The molecule has 0 unspecified atom stereocenters. The van der Waals surface area contributed by atoms with E-state index in [1.54, 1.807) is 0 Å². The first-order valence-electron chi connectivity index (χ1n) is 3.96. The fourth-order valence-corrected chi connectivity index (χ4v) is 0.906. The van der Waals surface area contributed by atoms with Crippen molar-refractivity contribution in [2.45, 2.75) is 34.1 Å². The summed E-state index contributed by atoms with van der Waals surface area (Å²) < 4.78 is 0. The van der Waals surface area contributed by atoms with Crippen molar-refractivity contribution in [3.8, 4) is 0 Å². The molecule has 1 heteroatoms. The van der Waals surface area contributed by atoms with Crippen LogP contribution >= 0.6 is 0 Å². The van der Waals surface area contributed by atoms with E-state index in [9.17, 15) is 0 Å². The van der Waals surface area contributed by atoms with Gasteiger partial charge < -0.3 is 5.73 Å². The van der Waals surface area contributed by atoms with E-state index in [1.807, 2.05) is 0 Å². The third kappa shape index (κ3) is 3.02. The topological polar surface area (TPSA) is 26.0 Å². The van der Waals surface area contributed by atoms with Crippen molar-refractivity contribution < 1.29 is 0 Å². The van der Waals surface area contributed by atoms with E-state index >= 15 is 0 Å². The molecular formula is C9H19N. The monoisotopic (exact) mass is 141 g/mol. The van der Waals surface area contributed by atoms with E-state index in [0.29, 0.717) is 5.92 Å². The molecule has 0 saturated heterocycles. The van der Waals surface area contributed by atoms with Gasteiger partial charge in [-0.05, 0) is 32.7 Å². The fourth-order valence-electron chi connectivity index (χ4n) is 0.906. The molecule has 0 spiro atoms. The van der Waals surface area contributed by atoms with Crippen LogP contribution in [0.3, 0.4) is 0 Å². The van der Waals surface area contributed by atoms with Gasteiger partial charge in [-0.2, -0.15) is 0 Å². The Labute approximate surface area is 64.3 Å². The Hall–Kier alpha value is -0.300. The van der Waals surface area contributed by atoms with Crippen molar-refractivity contribution in [3.05, 3.63) is 11.1 Å². The van der Waals surface area contributed by atoms with Crippen molar-refractivity contribution in [2.24, 2.45) is 11.7 Å². The van der Waals surface area contributed by atoms with Gasteiger partial charge in [-0.15, -0.1) is 0 Å². The second kappa shape index (κ2) is 4.51. The molecule has 10 heavy (non-hydrogen) atoms. The standard InChI is InChI=1S/C9H19N/c1-7(2)9(4)8(3)5-6-10/h7H,5-6,10H2,1-4H3. The van der Waals surface area contributed by atoms with Gasteiger partial charge in [-0.3, -0.25) is 0 Å². The first-order chi connectivity index (χ1) is 4.59. The minimum Gasteiger partial charge on any atom is -0.330 e. The zero-order valence-corrected chi connectivity index (χ0v) is 7.57. The first kappa shape index (κ1) is 9.70. The Morgan fingerprint density at radius 2 is 1.80 bits per heavy atom. The van der Waals surface area contributed by atoms with Crippen molar-refractivity contribution in [1.82, 2.24) is 0 Å². The van der Waals surface area contributed by atoms with E-state index < -0.39 is 0 Å². The first-order valence-corrected chi connectivity index (χ1v) is 3.96. The fraction of sp³-hybridized carbons (Fsp3) is 0.778. The van der Waals surface area contributed by atoms with E-state index in [4.69, 9.17) is 5.73 Å². The molecule has 1 nitrogen and oxygen atoms in total. The second-order valence-corrected chi connectivity index (χ2v) is 3.16. The maximum Gasteiger partial charge on any atom is -0.00400 e. The molecule has 0 aliphatic carbocycles. The van der Waals surface area contributed by atoms with Crippen LogP contribution in [0.25, 0.3) is 0 Å². The van der Waals surface area contributed by atoms with Gasteiger partial charge in [-0.25, -0.2) is 0 Å². The minimum atomic E-state index is 0.673. The summed E-state index contributed by atoms with van der Waals surface area (Å²) in [5.74, 6) is 0.673. The van der Waals surface area contributed by atoms with Gasteiger partial charge in [0, 0.05) is 0 Å². The summed E-state index contributed by atoms with van der Waals surface area (Å²) >= 11 is 0. The Balaban J connectivity index is 4.05. The SMILES string of the molecule is CC(CCN)=C(C)C(C)C. The maximum absolute atomic E-state index is 5.43. The molecule has 0 aliphatic rings. The minimum absolute atomic E-state index is 0.673. The summed E-state index contributed by atoms with van der Waals surface area (Å²) in [6.07, 6.45) is 1.05. The molecule has 0 amide bonds. The summed E-state index contributed by atoms with van der Waals surface area (Å²) in [6, 6.07) is 0. The average Bonchev–Trinajstić information content (AvgIpc) is 1.87. The molecule has 0 rings (SSSR count). The number of allylic oxidation sites excluding steroid dienone is 1. The van der Waals surface area contributed by atoms with Gasteiger partial charge in [0.15, 0.2) is 0 Å². The highest BCUT2D eigenvalue weighted by Crippen LogP contribution is 2.15. The summed E-state index contributed by atoms with van der Waals surface area (Å²) in [6.45, 7) is 9.57. The highest BCUT2D eigenvalue weighted by Gasteiger charge is 1.99. The van der Waals surface area contributed by atoms with Crippen molar-refractivity contribution in [1.29, 1.82) is 0 Å². The zero-order valence-electron chi connectivity index (χ0n) is 7.57. The van der Waals surface area contributed by atoms with E-state index in [0.717, 1.165) is 13.0 Å². The average molecular weight is 141 g/mol. The van der Waals surface area contributed by atoms with Gasteiger partial charge in [0.05, 0.1) is 0 Å². The summed E-state index contributed by atoms with van der Waals surface area (Å²) in [5, 5.41) is 0. The number of rotatable bonds is 3. The van der Waals surface area contributed by atoms with Crippen LogP contribution in [0.1, 0.15) is 34.1 Å². The molecule has 0 aromatic rings. The van der Waals surface area contributed by atoms with Crippen molar-refractivity contribution in [2.75, 3.05) is 6.54 Å². The molecule has 0 bridgehead atoms. The van der Waals surface area contributed by atoms with Gasteiger partial charge in [0.2, 0.25) is 0 Å². The molecule has 0 saturated carbocycles. The van der Waals surface area contributed by atoms with Gasteiger partial charge in [0.25, 0.3) is 0 Å². The molecular weight excluding hydrogens is 122 g/mol. The van der Waals surface area contributed by atoms with E-state index in [-0.39, 0.29) is 0 Å². The van der Waals surface area contributed by atoms with Crippen LogP contribution in [0, 0.1) is 5.92 Å². The number of hydrogen-bond donors (Lipinski definition) is 1. The molecule has 0 heterocycles. The lowest BCUT2D eigenvalue weighted by Gasteiger charge is -2.09. The largest absolute Gasteiger partial charge is 0.330 e. The van der Waals surface area contributed by atoms with Crippen molar-refractivity contribution >= 4 is 0 Å². The third-order valence-corrected chi connectivity index (χ3v) is 2.06. The van der Waals surface area contributed by atoms with E-state index in [2.05, 4.69) is 27.7 Å². The highest BCUT2D eigenvalue weighted by molar-refractivity contribution is 5.11. The lowest BCUT2D eigenvalue weighted by atomic mass is 9.98. The Bertz CT molecular complexity index is 123. The van der Waals surface area contributed by atoms with Crippen LogP contribution in [0.15, 0.2) is 11.1 Å². The summed E-state index contributed by atoms with van der Waals surface area (Å²) in [7, 11) is 0. The van der Waals surface area contributed by atoms with Crippen LogP contribution in [0.5, 0.6) is 0 Å². The predicted molar refractivity (Wildman–Crippen MR) is 46.9 cm³/mol. The molecule has 0 aliphatic heterocycles. The van der Waals surface area contributed by atoms with Crippen LogP contribution < -0.4 is 5.73 Å². The smallest absolute Gasteiger partial charge is 0.00400 e. The summed E-state index contributed by atoms with van der Waals surface area (Å²) in [5.41, 5.74) is 8.38. The quantitative estimate of drug-likeness (QED) is 0.600. The number of nitrogens with two attached hydrogens (primary N) is 1. The molecule has 0 aromatic carbocycles. The van der Waals surface area contributed by atoms with E-state index in [1.165, 1.54) is 11.1 Å². The second-order valence-electron chi connectivity index (χ2n) is 3.16. The predicted octanol–water partition coefficient (Wildman–Crippen LogP) is 2.33. The molecule has 2 N–H and O–H groups in total. The zero-order chi connectivity index (χ0) is 8.15. The summed E-state index contributed by atoms with van der Waals surface area (Å²) in [4.78, 5) is 0. The maximum atomic E-state index is 5.43. The van der Waals surface area contributed by atoms with Crippen LogP contribution in [0.4, 0.5) is 0 Å². The molecule has 0 radical (unpaired) electrons. The molecule has 0 fully saturated rings.